The summed E-state index contributed by atoms with van der Waals surface area (Å²) in [5.74, 6) is 2.34. The first-order valence-corrected chi connectivity index (χ1v) is 9.24. The molecule has 29 heavy (non-hydrogen) atoms. The molecule has 8 heteroatoms. The Morgan fingerprint density at radius 2 is 1.59 bits per heavy atom. The second kappa shape index (κ2) is 8.47. The van der Waals surface area contributed by atoms with Crippen LogP contribution in [0.15, 0.2) is 54.9 Å². The normalized spacial score (nSPS) is 12.2. The average Bonchev–Trinajstić information content (AvgIpc) is 2.75. The number of esters is 1. The first kappa shape index (κ1) is 18.5. The minimum absolute atomic E-state index is 0.341. The van der Waals surface area contributed by atoms with Gasteiger partial charge in [0.2, 0.25) is 0 Å². The van der Waals surface area contributed by atoms with Gasteiger partial charge in [0, 0.05) is 23.5 Å². The predicted molar refractivity (Wildman–Crippen MR) is 108 cm³/mol. The van der Waals surface area contributed by atoms with Crippen LogP contribution < -0.4 is 20.1 Å². The lowest BCUT2D eigenvalue weighted by Gasteiger charge is -2.19. The molecule has 0 aliphatic carbocycles. The monoisotopic (exact) mass is 392 g/mol. The summed E-state index contributed by atoms with van der Waals surface area (Å²) in [6, 6.07) is 14.4. The van der Waals surface area contributed by atoms with Gasteiger partial charge in [0.25, 0.3) is 0 Å². The van der Waals surface area contributed by atoms with E-state index in [1.807, 2.05) is 18.2 Å². The van der Waals surface area contributed by atoms with Crippen molar-refractivity contribution in [3.05, 3.63) is 60.4 Å². The maximum absolute atomic E-state index is 11.7. The molecule has 0 atom stereocenters. The Balaban J connectivity index is 1.44. The number of aromatic nitrogens is 2. The molecule has 0 amide bonds. The van der Waals surface area contributed by atoms with Gasteiger partial charge in [-0.25, -0.2) is 14.8 Å². The van der Waals surface area contributed by atoms with Crippen LogP contribution in [0.25, 0.3) is 0 Å². The fraction of sp³-hybridized carbons (Fsp3) is 0.190. The third-order valence-corrected chi connectivity index (χ3v) is 4.15. The molecule has 8 nitrogen and oxygen atoms in total. The van der Waals surface area contributed by atoms with Gasteiger partial charge >= 0.3 is 5.97 Å². The number of anilines is 4. The molecule has 0 unspecified atom stereocenters. The van der Waals surface area contributed by atoms with Crippen LogP contribution in [0.5, 0.6) is 11.5 Å². The molecule has 0 saturated carbocycles. The van der Waals surface area contributed by atoms with Crippen molar-refractivity contribution >= 4 is 29.0 Å². The molecular formula is C21H20N4O4. The smallest absolute Gasteiger partial charge is 0.338 e. The van der Waals surface area contributed by atoms with Crippen molar-refractivity contribution in [3.8, 4) is 11.5 Å². The lowest BCUT2D eigenvalue weighted by Crippen LogP contribution is -2.15. The fourth-order valence-corrected chi connectivity index (χ4v) is 2.81. The highest BCUT2D eigenvalue weighted by Crippen LogP contribution is 2.33. The van der Waals surface area contributed by atoms with Gasteiger partial charge in [0.1, 0.15) is 31.2 Å². The number of hydrogen-bond donors (Lipinski definition) is 2. The van der Waals surface area contributed by atoms with Gasteiger partial charge < -0.3 is 24.8 Å². The van der Waals surface area contributed by atoms with E-state index in [1.54, 1.807) is 37.3 Å². The lowest BCUT2D eigenvalue weighted by atomic mass is 10.2. The van der Waals surface area contributed by atoms with E-state index in [0.29, 0.717) is 42.8 Å². The van der Waals surface area contributed by atoms with Crippen LogP contribution in [-0.2, 0) is 4.74 Å². The molecule has 0 fully saturated rings. The molecule has 0 bridgehead atoms. The van der Waals surface area contributed by atoms with E-state index < -0.39 is 0 Å². The molecule has 0 saturated heterocycles. The van der Waals surface area contributed by atoms with Crippen molar-refractivity contribution in [3.63, 3.8) is 0 Å². The molecule has 2 aromatic carbocycles. The summed E-state index contributed by atoms with van der Waals surface area (Å²) < 4.78 is 16.1. The van der Waals surface area contributed by atoms with Gasteiger partial charge in [-0.3, -0.25) is 0 Å². The molecular weight excluding hydrogens is 372 g/mol. The molecule has 1 aromatic heterocycles. The van der Waals surface area contributed by atoms with E-state index in [0.717, 1.165) is 17.1 Å². The second-order valence-corrected chi connectivity index (χ2v) is 6.19. The summed E-state index contributed by atoms with van der Waals surface area (Å²) >= 11 is 0. The Morgan fingerprint density at radius 3 is 2.31 bits per heavy atom. The zero-order valence-electron chi connectivity index (χ0n) is 15.8. The van der Waals surface area contributed by atoms with Crippen molar-refractivity contribution in [2.45, 2.75) is 6.92 Å². The molecule has 0 radical (unpaired) electrons. The van der Waals surface area contributed by atoms with Crippen molar-refractivity contribution in [2.24, 2.45) is 0 Å². The lowest BCUT2D eigenvalue weighted by molar-refractivity contribution is 0.0526. The molecule has 148 valence electrons. The molecule has 3 aromatic rings. The highest BCUT2D eigenvalue weighted by atomic mass is 16.6. The number of nitrogens with one attached hydrogen (secondary N) is 2. The second-order valence-electron chi connectivity index (χ2n) is 6.19. The summed E-state index contributed by atoms with van der Waals surface area (Å²) in [7, 11) is 0. The van der Waals surface area contributed by atoms with E-state index in [9.17, 15) is 4.79 Å². The summed E-state index contributed by atoms with van der Waals surface area (Å²) in [6.45, 7) is 3.22. The number of ether oxygens (including phenoxy) is 3. The Labute approximate surface area is 167 Å². The van der Waals surface area contributed by atoms with Gasteiger partial charge in [-0.05, 0) is 43.3 Å². The van der Waals surface area contributed by atoms with Crippen molar-refractivity contribution in [1.29, 1.82) is 0 Å². The zero-order chi connectivity index (χ0) is 20.1. The summed E-state index contributed by atoms with van der Waals surface area (Å²) in [5.41, 5.74) is 2.13. The van der Waals surface area contributed by atoms with Crippen LogP contribution in [0.3, 0.4) is 0 Å². The Kier molecular flexibility index (Phi) is 5.42. The minimum atomic E-state index is -0.341. The van der Waals surface area contributed by atoms with Gasteiger partial charge in [-0.1, -0.05) is 0 Å². The van der Waals surface area contributed by atoms with E-state index in [1.165, 1.54) is 6.33 Å². The first-order chi connectivity index (χ1) is 14.2. The number of carbonyl (C=O) groups is 1. The molecule has 1 aliphatic rings. The van der Waals surface area contributed by atoms with Crippen molar-refractivity contribution in [1.82, 2.24) is 9.97 Å². The quantitative estimate of drug-likeness (QED) is 0.610. The molecule has 4 rings (SSSR count). The van der Waals surface area contributed by atoms with Gasteiger partial charge in [0.15, 0.2) is 11.5 Å². The number of nitrogens with zero attached hydrogens (tertiary/aromatic N) is 2. The highest BCUT2D eigenvalue weighted by molar-refractivity contribution is 5.89. The summed E-state index contributed by atoms with van der Waals surface area (Å²) in [5, 5.41) is 6.42. The topological polar surface area (TPSA) is 94.6 Å². The van der Waals surface area contributed by atoms with Crippen LogP contribution in [0.2, 0.25) is 0 Å². The minimum Gasteiger partial charge on any atom is -0.486 e. The molecule has 0 spiro atoms. The average molecular weight is 392 g/mol. The number of benzene rings is 2. The van der Waals surface area contributed by atoms with E-state index >= 15 is 0 Å². The largest absolute Gasteiger partial charge is 0.486 e. The number of hydrogen-bond acceptors (Lipinski definition) is 8. The number of carbonyl (C=O) groups excluding carboxylic acids is 1. The summed E-state index contributed by atoms with van der Waals surface area (Å²) in [4.78, 5) is 20.2. The third-order valence-electron chi connectivity index (χ3n) is 4.15. The SMILES string of the molecule is CCOC(=O)c1ccc(Nc2cc(Nc3ccc4c(c3)OCCO4)ncn2)cc1. The zero-order valence-corrected chi connectivity index (χ0v) is 15.8. The van der Waals surface area contributed by atoms with Crippen molar-refractivity contribution in [2.75, 3.05) is 30.5 Å². The Hall–Kier alpha value is -3.81. The van der Waals surface area contributed by atoms with Crippen LogP contribution in [0.1, 0.15) is 17.3 Å². The standard InChI is InChI=1S/C21H20N4O4/c1-2-27-21(26)14-3-5-15(6-4-14)24-19-12-20(23-13-22-19)25-16-7-8-17-18(11-16)29-10-9-28-17/h3-8,11-13H,2,9-10H2,1H3,(H2,22,23,24,25). The predicted octanol–water partition coefficient (Wildman–Crippen LogP) is 3.91. The van der Waals surface area contributed by atoms with E-state index in [4.69, 9.17) is 14.2 Å². The van der Waals surface area contributed by atoms with Gasteiger partial charge in [-0.2, -0.15) is 0 Å². The number of fused-ring (bicyclic) bond motifs is 1. The first-order valence-electron chi connectivity index (χ1n) is 9.24. The van der Waals surface area contributed by atoms with Crippen molar-refractivity contribution < 1.29 is 19.0 Å². The van der Waals surface area contributed by atoms with E-state index in [-0.39, 0.29) is 5.97 Å². The Morgan fingerprint density at radius 1 is 0.931 bits per heavy atom. The maximum atomic E-state index is 11.7. The van der Waals surface area contributed by atoms with Crippen LogP contribution in [0, 0.1) is 0 Å². The van der Waals surface area contributed by atoms with Crippen LogP contribution in [-0.4, -0.2) is 35.8 Å². The highest BCUT2D eigenvalue weighted by Gasteiger charge is 2.12. The van der Waals surface area contributed by atoms with Crippen LogP contribution in [0.4, 0.5) is 23.0 Å². The van der Waals surface area contributed by atoms with Gasteiger partial charge in [0.05, 0.1) is 12.2 Å². The number of rotatable bonds is 6. The van der Waals surface area contributed by atoms with Gasteiger partial charge in [-0.15, -0.1) is 0 Å². The third kappa shape index (κ3) is 4.55. The van der Waals surface area contributed by atoms with Crippen LogP contribution >= 0.6 is 0 Å². The fourth-order valence-electron chi connectivity index (χ4n) is 2.81. The molecule has 2 N–H and O–H groups in total. The molecule has 2 heterocycles. The maximum Gasteiger partial charge on any atom is 0.338 e. The summed E-state index contributed by atoms with van der Waals surface area (Å²) in [6.07, 6.45) is 1.47. The van der Waals surface area contributed by atoms with E-state index in [2.05, 4.69) is 20.6 Å². The molecule has 1 aliphatic heterocycles. The Bertz CT molecular complexity index is 1010.